The maximum Gasteiger partial charge on any atom is 0.0746 e. The fourth-order valence-corrected chi connectivity index (χ4v) is 0.430. The topological polar surface area (TPSA) is 9.23 Å². The van der Waals surface area contributed by atoms with Gasteiger partial charge in [0.2, 0.25) is 0 Å². The summed E-state index contributed by atoms with van der Waals surface area (Å²) in [6.07, 6.45) is 3.07. The minimum atomic E-state index is 0.250. The molecule has 0 amide bonds. The first kappa shape index (κ1) is 6.70. The smallest absolute Gasteiger partial charge is 0.0746 e. The number of methoxy groups -OCH3 is 1. The summed E-state index contributed by atoms with van der Waals surface area (Å²) >= 11 is 0. The van der Waals surface area contributed by atoms with Crippen molar-refractivity contribution < 1.29 is 4.74 Å². The molecule has 7 heavy (non-hydrogen) atoms. The predicted molar refractivity (Wildman–Crippen MR) is 31.3 cm³/mol. The number of hydrogen-bond acceptors (Lipinski definition) is 1. The molecule has 0 saturated heterocycles. The van der Waals surface area contributed by atoms with Crippen LogP contribution in [0.3, 0.4) is 0 Å². The Kier molecular flexibility index (Phi) is 3.71. The maximum absolute atomic E-state index is 4.93. The molecule has 0 aliphatic rings. The molecule has 0 aromatic rings. The molecular weight excluding hydrogens is 88.1 g/mol. The molecule has 0 fully saturated rings. The molecule has 1 heteroatoms. The third kappa shape index (κ3) is 2.40. The molecule has 0 heterocycles. The van der Waals surface area contributed by atoms with Crippen LogP contribution in [0.2, 0.25) is 0 Å². The summed E-state index contributed by atoms with van der Waals surface area (Å²) in [7, 11) is 1.69. The lowest BCUT2D eigenvalue weighted by Gasteiger charge is -2.03. The van der Waals surface area contributed by atoms with Gasteiger partial charge in [-0.25, -0.2) is 0 Å². The highest BCUT2D eigenvalue weighted by molar-refractivity contribution is 4.77. The van der Waals surface area contributed by atoms with E-state index in [2.05, 4.69) is 13.5 Å². The van der Waals surface area contributed by atoms with Crippen molar-refractivity contribution in [3.63, 3.8) is 0 Å². The minimum Gasteiger partial charge on any atom is -0.377 e. The van der Waals surface area contributed by atoms with E-state index in [9.17, 15) is 0 Å². The second-order valence-electron chi connectivity index (χ2n) is 1.42. The van der Waals surface area contributed by atoms with Gasteiger partial charge in [-0.1, -0.05) is 13.0 Å². The van der Waals surface area contributed by atoms with Gasteiger partial charge in [0.15, 0.2) is 0 Å². The van der Waals surface area contributed by atoms with E-state index < -0.39 is 0 Å². The van der Waals surface area contributed by atoms with Crippen molar-refractivity contribution in [2.75, 3.05) is 7.11 Å². The molecule has 0 bridgehead atoms. The van der Waals surface area contributed by atoms with E-state index in [1.165, 1.54) is 0 Å². The molecule has 0 rings (SSSR count). The SMILES string of the molecule is C=CC(CC)OC. The zero-order valence-corrected chi connectivity index (χ0v) is 4.98. The molecule has 0 radical (unpaired) electrons. The van der Waals surface area contributed by atoms with Crippen LogP contribution in [0, 0.1) is 0 Å². The summed E-state index contributed by atoms with van der Waals surface area (Å²) in [5, 5.41) is 0. The van der Waals surface area contributed by atoms with Crippen molar-refractivity contribution in [3.8, 4) is 0 Å². The minimum absolute atomic E-state index is 0.250. The Morgan fingerprint density at radius 3 is 2.43 bits per heavy atom. The van der Waals surface area contributed by atoms with Gasteiger partial charge in [-0.15, -0.1) is 6.58 Å². The van der Waals surface area contributed by atoms with Gasteiger partial charge in [0, 0.05) is 7.11 Å². The van der Waals surface area contributed by atoms with E-state index in [1.807, 2.05) is 0 Å². The van der Waals surface area contributed by atoms with Crippen LogP contribution >= 0.6 is 0 Å². The monoisotopic (exact) mass is 100 g/mol. The summed E-state index contributed by atoms with van der Waals surface area (Å²) in [5.74, 6) is 0. The summed E-state index contributed by atoms with van der Waals surface area (Å²) < 4.78 is 4.93. The third-order valence-corrected chi connectivity index (χ3v) is 0.968. The molecule has 42 valence electrons. The van der Waals surface area contributed by atoms with Crippen molar-refractivity contribution in [2.24, 2.45) is 0 Å². The Bertz CT molecular complexity index is 46.1. The van der Waals surface area contributed by atoms with E-state index in [-0.39, 0.29) is 6.10 Å². The fourth-order valence-electron chi connectivity index (χ4n) is 0.430. The number of ether oxygens (including phenoxy) is 1. The summed E-state index contributed by atoms with van der Waals surface area (Å²) in [4.78, 5) is 0. The standard InChI is InChI=1S/C6H12O/c1-4-6(5-2)7-3/h4,6H,1,5H2,2-3H3. The maximum atomic E-state index is 4.93. The van der Waals surface area contributed by atoms with Crippen LogP contribution in [0.25, 0.3) is 0 Å². The quantitative estimate of drug-likeness (QED) is 0.489. The van der Waals surface area contributed by atoms with Crippen LogP contribution in [0.4, 0.5) is 0 Å². The normalized spacial score (nSPS) is 13.4. The molecule has 0 aromatic carbocycles. The molecule has 0 aromatic heterocycles. The molecule has 1 unspecified atom stereocenters. The van der Waals surface area contributed by atoms with Gasteiger partial charge >= 0.3 is 0 Å². The van der Waals surface area contributed by atoms with E-state index >= 15 is 0 Å². The van der Waals surface area contributed by atoms with Crippen LogP contribution in [0.1, 0.15) is 13.3 Å². The van der Waals surface area contributed by atoms with Gasteiger partial charge in [0.1, 0.15) is 0 Å². The highest BCUT2D eigenvalue weighted by atomic mass is 16.5. The van der Waals surface area contributed by atoms with Gasteiger partial charge in [0.05, 0.1) is 6.10 Å². The molecule has 0 N–H and O–H groups in total. The second kappa shape index (κ2) is 3.88. The van der Waals surface area contributed by atoms with Crippen molar-refractivity contribution in [3.05, 3.63) is 12.7 Å². The molecule has 0 aliphatic heterocycles. The van der Waals surface area contributed by atoms with E-state index in [4.69, 9.17) is 4.74 Å². The van der Waals surface area contributed by atoms with Crippen LogP contribution in [0.15, 0.2) is 12.7 Å². The lowest BCUT2D eigenvalue weighted by atomic mass is 10.3. The van der Waals surface area contributed by atoms with E-state index in [0.29, 0.717) is 0 Å². The van der Waals surface area contributed by atoms with Gasteiger partial charge < -0.3 is 4.74 Å². The highest BCUT2D eigenvalue weighted by Gasteiger charge is 1.92. The first-order valence-electron chi connectivity index (χ1n) is 2.50. The molecule has 0 aliphatic carbocycles. The molecule has 1 nitrogen and oxygen atoms in total. The van der Waals surface area contributed by atoms with E-state index in [1.54, 1.807) is 13.2 Å². The van der Waals surface area contributed by atoms with Crippen molar-refractivity contribution in [1.29, 1.82) is 0 Å². The molecule has 1 atom stereocenters. The van der Waals surface area contributed by atoms with Gasteiger partial charge in [-0.2, -0.15) is 0 Å². The zero-order valence-electron chi connectivity index (χ0n) is 4.98. The van der Waals surface area contributed by atoms with Crippen LogP contribution in [-0.2, 0) is 4.74 Å². The summed E-state index contributed by atoms with van der Waals surface area (Å²) in [6.45, 7) is 5.64. The zero-order chi connectivity index (χ0) is 5.70. The lowest BCUT2D eigenvalue weighted by molar-refractivity contribution is 0.138. The predicted octanol–water partition coefficient (Wildman–Crippen LogP) is 1.60. The summed E-state index contributed by atoms with van der Waals surface area (Å²) in [5.41, 5.74) is 0. The largest absolute Gasteiger partial charge is 0.377 e. The average Bonchev–Trinajstić information content (AvgIpc) is 1.72. The van der Waals surface area contributed by atoms with Crippen LogP contribution in [-0.4, -0.2) is 13.2 Å². The second-order valence-corrected chi connectivity index (χ2v) is 1.42. The highest BCUT2D eigenvalue weighted by Crippen LogP contribution is 1.93. The van der Waals surface area contributed by atoms with Crippen molar-refractivity contribution in [1.82, 2.24) is 0 Å². The molecule has 0 spiro atoms. The molecule has 0 saturated carbocycles. The first-order chi connectivity index (χ1) is 3.35. The van der Waals surface area contributed by atoms with Gasteiger partial charge in [-0.3, -0.25) is 0 Å². The third-order valence-electron chi connectivity index (χ3n) is 0.968. The Balaban J connectivity index is 3.16. The summed E-state index contributed by atoms with van der Waals surface area (Å²) in [6, 6.07) is 0. The first-order valence-corrected chi connectivity index (χ1v) is 2.50. The Labute approximate surface area is 45.0 Å². The van der Waals surface area contributed by atoms with Gasteiger partial charge in [0.25, 0.3) is 0 Å². The number of rotatable bonds is 3. The van der Waals surface area contributed by atoms with Crippen LogP contribution in [0.5, 0.6) is 0 Å². The number of hydrogen-bond donors (Lipinski definition) is 0. The van der Waals surface area contributed by atoms with Crippen molar-refractivity contribution >= 4 is 0 Å². The van der Waals surface area contributed by atoms with Gasteiger partial charge in [-0.05, 0) is 6.42 Å². The average molecular weight is 100 g/mol. The Morgan fingerprint density at radius 2 is 2.43 bits per heavy atom. The fraction of sp³-hybridized carbons (Fsp3) is 0.667. The lowest BCUT2D eigenvalue weighted by Crippen LogP contribution is -2.02. The molecular formula is C6H12O. The van der Waals surface area contributed by atoms with E-state index in [0.717, 1.165) is 6.42 Å². The van der Waals surface area contributed by atoms with Crippen molar-refractivity contribution in [2.45, 2.75) is 19.4 Å². The van der Waals surface area contributed by atoms with Crippen LogP contribution < -0.4 is 0 Å². The Hall–Kier alpha value is -0.300. The Morgan fingerprint density at radius 1 is 1.86 bits per heavy atom.